The Morgan fingerprint density at radius 3 is 2.81 bits per heavy atom. The van der Waals surface area contributed by atoms with Crippen molar-refractivity contribution in [3.8, 4) is 11.6 Å². The van der Waals surface area contributed by atoms with Gasteiger partial charge in [-0.25, -0.2) is 4.98 Å². The van der Waals surface area contributed by atoms with Crippen molar-refractivity contribution in [1.29, 1.82) is 0 Å². The highest BCUT2D eigenvalue weighted by molar-refractivity contribution is 5.79. The van der Waals surface area contributed by atoms with E-state index in [4.69, 9.17) is 4.74 Å². The molecule has 3 rings (SSSR count). The minimum atomic E-state index is -0.0819. The fraction of sp³-hybridized carbons (Fsp3) is 0.381. The highest BCUT2D eigenvalue weighted by atomic mass is 16.5. The topological polar surface area (TPSA) is 71.5 Å². The van der Waals surface area contributed by atoms with Crippen LogP contribution in [0.15, 0.2) is 48.7 Å². The smallest absolute Gasteiger partial charge is 0.224 e. The van der Waals surface area contributed by atoms with Gasteiger partial charge in [-0.3, -0.25) is 9.59 Å². The van der Waals surface area contributed by atoms with E-state index >= 15 is 0 Å². The van der Waals surface area contributed by atoms with E-state index in [-0.39, 0.29) is 11.8 Å². The van der Waals surface area contributed by atoms with E-state index in [0.29, 0.717) is 37.6 Å². The first-order chi connectivity index (χ1) is 13.2. The molecule has 2 heterocycles. The number of ether oxygens (including phenoxy) is 1. The van der Waals surface area contributed by atoms with E-state index in [1.165, 1.54) is 0 Å². The summed E-state index contributed by atoms with van der Waals surface area (Å²) >= 11 is 0. The van der Waals surface area contributed by atoms with Crippen LogP contribution in [0.25, 0.3) is 0 Å². The van der Waals surface area contributed by atoms with Gasteiger partial charge in [0.15, 0.2) is 0 Å². The van der Waals surface area contributed by atoms with E-state index in [0.717, 1.165) is 31.4 Å². The van der Waals surface area contributed by atoms with E-state index in [1.807, 2.05) is 42.5 Å². The van der Waals surface area contributed by atoms with Crippen molar-refractivity contribution in [3.63, 3.8) is 0 Å². The van der Waals surface area contributed by atoms with Crippen molar-refractivity contribution in [2.24, 2.45) is 0 Å². The van der Waals surface area contributed by atoms with Crippen LogP contribution in [0.1, 0.15) is 37.7 Å². The van der Waals surface area contributed by atoms with Gasteiger partial charge in [0.1, 0.15) is 5.75 Å². The molecule has 0 atom stereocenters. The number of likely N-dealkylation sites (tertiary alicyclic amines) is 1. The molecule has 142 valence electrons. The van der Waals surface area contributed by atoms with E-state index in [9.17, 15) is 9.59 Å². The lowest BCUT2D eigenvalue weighted by molar-refractivity contribution is -0.131. The van der Waals surface area contributed by atoms with Gasteiger partial charge < -0.3 is 15.0 Å². The third-order valence-corrected chi connectivity index (χ3v) is 4.56. The van der Waals surface area contributed by atoms with Crippen LogP contribution in [-0.2, 0) is 16.1 Å². The summed E-state index contributed by atoms with van der Waals surface area (Å²) in [5, 5.41) is 2.90. The van der Waals surface area contributed by atoms with Crippen molar-refractivity contribution < 1.29 is 14.3 Å². The molecular formula is C21H25N3O3. The first kappa shape index (κ1) is 18.9. The Hall–Kier alpha value is -2.89. The molecular weight excluding hydrogens is 342 g/mol. The van der Waals surface area contributed by atoms with Crippen LogP contribution in [0.4, 0.5) is 0 Å². The number of rotatable bonds is 7. The van der Waals surface area contributed by atoms with Gasteiger partial charge in [-0.1, -0.05) is 30.7 Å². The molecule has 0 spiro atoms. The molecule has 1 N–H and O–H groups in total. The number of carbonyl (C=O) groups is 2. The minimum Gasteiger partial charge on any atom is -0.439 e. The molecule has 1 aliphatic rings. The van der Waals surface area contributed by atoms with Gasteiger partial charge in [-0.15, -0.1) is 0 Å². The molecule has 0 aliphatic carbocycles. The zero-order chi connectivity index (χ0) is 18.9. The van der Waals surface area contributed by atoms with Crippen molar-refractivity contribution >= 4 is 11.8 Å². The van der Waals surface area contributed by atoms with Crippen LogP contribution in [-0.4, -0.2) is 34.8 Å². The zero-order valence-electron chi connectivity index (χ0n) is 15.4. The number of para-hydroxylation sites is 1. The summed E-state index contributed by atoms with van der Waals surface area (Å²) in [5.74, 6) is 1.25. The Labute approximate surface area is 159 Å². The van der Waals surface area contributed by atoms with Crippen LogP contribution < -0.4 is 10.1 Å². The Morgan fingerprint density at radius 2 is 1.96 bits per heavy atom. The normalized spacial score (nSPS) is 14.5. The average Bonchev–Trinajstić information content (AvgIpc) is 2.90. The van der Waals surface area contributed by atoms with E-state index in [2.05, 4.69) is 10.3 Å². The number of amides is 2. The average molecular weight is 367 g/mol. The number of nitrogens with zero attached hydrogens (tertiary/aromatic N) is 2. The van der Waals surface area contributed by atoms with Gasteiger partial charge in [0, 0.05) is 44.2 Å². The number of pyridine rings is 1. The SMILES string of the molecule is O=C(CCN1CCCCCC1=O)NCc1cccnc1Oc1ccccc1. The third-order valence-electron chi connectivity index (χ3n) is 4.56. The Bertz CT molecular complexity index is 764. The molecule has 2 aromatic rings. The lowest BCUT2D eigenvalue weighted by Gasteiger charge is -2.20. The van der Waals surface area contributed by atoms with Crippen LogP contribution >= 0.6 is 0 Å². The molecule has 6 heteroatoms. The van der Waals surface area contributed by atoms with Crippen LogP contribution in [0.5, 0.6) is 11.6 Å². The molecule has 0 radical (unpaired) electrons. The monoisotopic (exact) mass is 367 g/mol. The third kappa shape index (κ3) is 5.81. The second-order valence-corrected chi connectivity index (χ2v) is 6.60. The maximum absolute atomic E-state index is 12.2. The first-order valence-electron chi connectivity index (χ1n) is 9.43. The standard InChI is InChI=1S/C21H25N3O3/c25-19(12-15-24-14-6-2-5-11-20(24)26)23-16-17-8-7-13-22-21(17)27-18-9-3-1-4-10-18/h1,3-4,7-10,13H,2,5-6,11-12,14-16H2,(H,23,25). The first-order valence-corrected chi connectivity index (χ1v) is 9.43. The van der Waals surface area contributed by atoms with Gasteiger partial charge in [0.25, 0.3) is 0 Å². The Kier molecular flexibility index (Phi) is 6.79. The van der Waals surface area contributed by atoms with E-state index in [1.54, 1.807) is 11.1 Å². The molecule has 1 aliphatic heterocycles. The van der Waals surface area contributed by atoms with Gasteiger partial charge in [0.2, 0.25) is 17.7 Å². The summed E-state index contributed by atoms with van der Waals surface area (Å²) in [6, 6.07) is 13.1. The number of carbonyl (C=O) groups excluding carboxylic acids is 2. The highest BCUT2D eigenvalue weighted by Gasteiger charge is 2.17. The minimum absolute atomic E-state index is 0.0819. The largest absolute Gasteiger partial charge is 0.439 e. The van der Waals surface area contributed by atoms with E-state index < -0.39 is 0 Å². The highest BCUT2D eigenvalue weighted by Crippen LogP contribution is 2.22. The summed E-state index contributed by atoms with van der Waals surface area (Å²) in [4.78, 5) is 30.3. The fourth-order valence-corrected chi connectivity index (χ4v) is 3.04. The maximum Gasteiger partial charge on any atom is 0.224 e. The maximum atomic E-state index is 12.2. The van der Waals surface area contributed by atoms with Crippen molar-refractivity contribution in [2.45, 2.75) is 38.6 Å². The summed E-state index contributed by atoms with van der Waals surface area (Å²) in [5.41, 5.74) is 0.806. The molecule has 6 nitrogen and oxygen atoms in total. The number of benzene rings is 1. The number of hydrogen-bond donors (Lipinski definition) is 1. The van der Waals surface area contributed by atoms with Gasteiger partial charge >= 0.3 is 0 Å². The second kappa shape index (κ2) is 9.71. The molecule has 1 aromatic carbocycles. The summed E-state index contributed by atoms with van der Waals surface area (Å²) in [6.45, 7) is 1.57. The van der Waals surface area contributed by atoms with Crippen LogP contribution in [0, 0.1) is 0 Å². The number of hydrogen-bond acceptors (Lipinski definition) is 4. The lowest BCUT2D eigenvalue weighted by Crippen LogP contribution is -2.34. The molecule has 0 saturated carbocycles. The van der Waals surface area contributed by atoms with Crippen molar-refractivity contribution in [1.82, 2.24) is 15.2 Å². The van der Waals surface area contributed by atoms with Gasteiger partial charge in [-0.05, 0) is 31.0 Å². The zero-order valence-corrected chi connectivity index (χ0v) is 15.4. The fourth-order valence-electron chi connectivity index (χ4n) is 3.04. The Morgan fingerprint density at radius 1 is 1.11 bits per heavy atom. The molecule has 27 heavy (non-hydrogen) atoms. The van der Waals surface area contributed by atoms with Gasteiger partial charge in [0.05, 0.1) is 0 Å². The predicted molar refractivity (Wildman–Crippen MR) is 102 cm³/mol. The molecule has 1 saturated heterocycles. The predicted octanol–water partition coefficient (Wildman–Crippen LogP) is 3.28. The van der Waals surface area contributed by atoms with Crippen LogP contribution in [0.3, 0.4) is 0 Å². The molecule has 0 bridgehead atoms. The number of aromatic nitrogens is 1. The summed E-state index contributed by atoms with van der Waals surface area (Å²) in [6.07, 6.45) is 5.61. The Balaban J connectivity index is 1.51. The van der Waals surface area contributed by atoms with Crippen LogP contribution in [0.2, 0.25) is 0 Å². The molecule has 2 amide bonds. The summed E-state index contributed by atoms with van der Waals surface area (Å²) in [7, 11) is 0. The van der Waals surface area contributed by atoms with Gasteiger partial charge in [-0.2, -0.15) is 0 Å². The van der Waals surface area contributed by atoms with Crippen molar-refractivity contribution in [2.75, 3.05) is 13.1 Å². The molecule has 1 aromatic heterocycles. The summed E-state index contributed by atoms with van der Waals surface area (Å²) < 4.78 is 5.81. The molecule has 1 fully saturated rings. The quantitative estimate of drug-likeness (QED) is 0.815. The lowest BCUT2D eigenvalue weighted by atomic mass is 10.2. The molecule has 0 unspecified atom stereocenters. The second-order valence-electron chi connectivity index (χ2n) is 6.60. The van der Waals surface area contributed by atoms with Crippen molar-refractivity contribution in [3.05, 3.63) is 54.2 Å². The number of nitrogens with one attached hydrogen (secondary N) is 1.